The molecule has 0 aromatic carbocycles. The number of hydrogen-bond acceptors (Lipinski definition) is 3. The highest BCUT2D eigenvalue weighted by atomic mass is 15.4. The molecule has 1 atom stereocenters. The zero-order valence-electron chi connectivity index (χ0n) is 8.90. The van der Waals surface area contributed by atoms with Gasteiger partial charge in [0.25, 0.3) is 0 Å². The summed E-state index contributed by atoms with van der Waals surface area (Å²) in [4.78, 5) is 4.54. The van der Waals surface area contributed by atoms with Gasteiger partial charge < -0.3 is 5.73 Å². The molecule has 1 aromatic heterocycles. The molecule has 4 nitrogen and oxygen atoms in total. The van der Waals surface area contributed by atoms with Gasteiger partial charge in [-0.2, -0.15) is 5.10 Å². The van der Waals surface area contributed by atoms with Gasteiger partial charge in [0.1, 0.15) is 5.82 Å². The van der Waals surface area contributed by atoms with Crippen molar-refractivity contribution < 1.29 is 0 Å². The Labute approximate surface area is 84.5 Å². The van der Waals surface area contributed by atoms with Gasteiger partial charge >= 0.3 is 0 Å². The highest BCUT2D eigenvalue weighted by Crippen LogP contribution is 2.19. The first kappa shape index (κ1) is 9.65. The van der Waals surface area contributed by atoms with Gasteiger partial charge in [-0.05, 0) is 18.9 Å². The molecule has 4 heteroatoms. The Bertz CT molecular complexity index is 316. The van der Waals surface area contributed by atoms with E-state index in [1.165, 1.54) is 0 Å². The van der Waals surface area contributed by atoms with E-state index in [-0.39, 0.29) is 0 Å². The summed E-state index contributed by atoms with van der Waals surface area (Å²) in [6, 6.07) is 0. The number of rotatable bonds is 2. The lowest BCUT2D eigenvalue weighted by Crippen LogP contribution is -2.26. The zero-order valence-corrected chi connectivity index (χ0v) is 8.90. The second kappa shape index (κ2) is 3.69. The van der Waals surface area contributed by atoms with Crippen LogP contribution in [0, 0.1) is 5.92 Å². The van der Waals surface area contributed by atoms with Crippen LogP contribution in [0.25, 0.3) is 0 Å². The molecule has 1 aliphatic heterocycles. The maximum atomic E-state index is 5.67. The molecule has 1 aromatic rings. The van der Waals surface area contributed by atoms with Crippen LogP contribution >= 0.6 is 0 Å². The van der Waals surface area contributed by atoms with Crippen molar-refractivity contribution in [3.05, 3.63) is 11.6 Å². The van der Waals surface area contributed by atoms with Crippen molar-refractivity contribution in [2.24, 2.45) is 11.7 Å². The van der Waals surface area contributed by atoms with Crippen LogP contribution in [0.4, 0.5) is 0 Å². The lowest BCUT2D eigenvalue weighted by Gasteiger charge is -2.19. The van der Waals surface area contributed by atoms with E-state index in [4.69, 9.17) is 5.73 Å². The number of fused-ring (bicyclic) bond motifs is 1. The largest absolute Gasteiger partial charge is 0.330 e. The second-order valence-electron chi connectivity index (χ2n) is 4.36. The van der Waals surface area contributed by atoms with Crippen molar-refractivity contribution >= 4 is 0 Å². The Balaban J connectivity index is 2.21. The van der Waals surface area contributed by atoms with Crippen LogP contribution in [0.15, 0.2) is 0 Å². The van der Waals surface area contributed by atoms with E-state index in [9.17, 15) is 0 Å². The van der Waals surface area contributed by atoms with E-state index >= 15 is 0 Å². The molecule has 2 rings (SSSR count). The van der Waals surface area contributed by atoms with Gasteiger partial charge in [0.05, 0.1) is 0 Å². The summed E-state index contributed by atoms with van der Waals surface area (Å²) in [5, 5.41) is 4.48. The summed E-state index contributed by atoms with van der Waals surface area (Å²) in [6.07, 6.45) is 2.14. The molecule has 2 heterocycles. The first-order valence-electron chi connectivity index (χ1n) is 5.34. The molecule has 0 bridgehead atoms. The van der Waals surface area contributed by atoms with Crippen LogP contribution in [0.5, 0.6) is 0 Å². The zero-order chi connectivity index (χ0) is 10.1. The normalized spacial score (nSPS) is 21.3. The fourth-order valence-corrected chi connectivity index (χ4v) is 1.83. The molecule has 0 fully saturated rings. The molecule has 0 amide bonds. The number of nitrogens with two attached hydrogens (primary N) is 1. The highest BCUT2D eigenvalue weighted by Gasteiger charge is 2.21. The number of nitrogens with zero attached hydrogens (tertiary/aromatic N) is 3. The molecule has 2 N–H and O–H groups in total. The Morgan fingerprint density at radius 3 is 3.00 bits per heavy atom. The summed E-state index contributed by atoms with van der Waals surface area (Å²) in [5.74, 6) is 3.12. The van der Waals surface area contributed by atoms with Crippen molar-refractivity contribution in [2.45, 2.75) is 39.2 Å². The summed E-state index contributed by atoms with van der Waals surface area (Å²) >= 11 is 0. The number of aromatic nitrogens is 3. The Morgan fingerprint density at radius 2 is 2.36 bits per heavy atom. The van der Waals surface area contributed by atoms with Gasteiger partial charge in [-0.15, -0.1) is 0 Å². The van der Waals surface area contributed by atoms with E-state index in [0.717, 1.165) is 37.6 Å². The van der Waals surface area contributed by atoms with Crippen molar-refractivity contribution in [2.75, 3.05) is 6.54 Å². The molecule has 78 valence electrons. The lowest BCUT2D eigenvalue weighted by atomic mass is 9.98. The quantitative estimate of drug-likeness (QED) is 0.761. The van der Waals surface area contributed by atoms with Crippen molar-refractivity contribution in [1.29, 1.82) is 0 Å². The van der Waals surface area contributed by atoms with Crippen LogP contribution in [0.2, 0.25) is 0 Å². The predicted molar refractivity (Wildman–Crippen MR) is 55.0 cm³/mol. The second-order valence-corrected chi connectivity index (χ2v) is 4.36. The molecule has 0 radical (unpaired) electrons. The van der Waals surface area contributed by atoms with Gasteiger partial charge in [0, 0.05) is 18.9 Å². The average Bonchev–Trinajstić information content (AvgIpc) is 2.59. The van der Waals surface area contributed by atoms with Gasteiger partial charge in [-0.25, -0.2) is 9.67 Å². The summed E-state index contributed by atoms with van der Waals surface area (Å²) < 4.78 is 2.04. The van der Waals surface area contributed by atoms with Crippen LogP contribution in [0.3, 0.4) is 0 Å². The van der Waals surface area contributed by atoms with E-state index in [1.807, 2.05) is 4.68 Å². The third kappa shape index (κ3) is 1.66. The Morgan fingerprint density at radius 1 is 1.57 bits per heavy atom. The average molecular weight is 194 g/mol. The summed E-state index contributed by atoms with van der Waals surface area (Å²) in [6.45, 7) is 6.00. The Kier molecular flexibility index (Phi) is 2.54. The standard InChI is InChI=1S/C10H18N4/c1-7(2)10-12-9-5-8(6-11)3-4-14(9)13-10/h7-8H,3-6,11H2,1-2H3. The smallest absolute Gasteiger partial charge is 0.153 e. The van der Waals surface area contributed by atoms with E-state index in [1.54, 1.807) is 0 Å². The fourth-order valence-electron chi connectivity index (χ4n) is 1.83. The minimum Gasteiger partial charge on any atom is -0.330 e. The third-order valence-corrected chi connectivity index (χ3v) is 2.83. The maximum Gasteiger partial charge on any atom is 0.153 e. The minimum atomic E-state index is 0.421. The van der Waals surface area contributed by atoms with E-state index in [2.05, 4.69) is 23.9 Å². The van der Waals surface area contributed by atoms with Crippen molar-refractivity contribution in [3.63, 3.8) is 0 Å². The molecule has 14 heavy (non-hydrogen) atoms. The summed E-state index contributed by atoms with van der Waals surface area (Å²) in [5.41, 5.74) is 5.67. The van der Waals surface area contributed by atoms with Crippen molar-refractivity contribution in [3.8, 4) is 0 Å². The van der Waals surface area contributed by atoms with Crippen LogP contribution in [-0.2, 0) is 13.0 Å². The summed E-state index contributed by atoms with van der Waals surface area (Å²) in [7, 11) is 0. The molecular formula is C10H18N4. The van der Waals surface area contributed by atoms with E-state index < -0.39 is 0 Å². The highest BCUT2D eigenvalue weighted by molar-refractivity contribution is 5.00. The van der Waals surface area contributed by atoms with Gasteiger partial charge in [-0.1, -0.05) is 13.8 Å². The molecule has 1 unspecified atom stereocenters. The third-order valence-electron chi connectivity index (χ3n) is 2.83. The molecule has 0 aliphatic carbocycles. The fraction of sp³-hybridized carbons (Fsp3) is 0.800. The molecule has 0 saturated heterocycles. The monoisotopic (exact) mass is 194 g/mol. The molecular weight excluding hydrogens is 176 g/mol. The molecule has 0 spiro atoms. The number of hydrogen-bond donors (Lipinski definition) is 1. The van der Waals surface area contributed by atoms with E-state index in [0.29, 0.717) is 11.8 Å². The van der Waals surface area contributed by atoms with Crippen LogP contribution in [0.1, 0.15) is 37.8 Å². The predicted octanol–water partition coefficient (Wildman–Crippen LogP) is 0.923. The molecule has 0 saturated carbocycles. The molecule has 1 aliphatic rings. The first-order chi connectivity index (χ1) is 6.70. The van der Waals surface area contributed by atoms with Crippen LogP contribution in [-0.4, -0.2) is 21.3 Å². The minimum absolute atomic E-state index is 0.421. The Hall–Kier alpha value is -0.900. The number of aryl methyl sites for hydroxylation is 1. The first-order valence-corrected chi connectivity index (χ1v) is 5.34. The van der Waals surface area contributed by atoms with Crippen LogP contribution < -0.4 is 5.73 Å². The topological polar surface area (TPSA) is 56.7 Å². The van der Waals surface area contributed by atoms with Gasteiger partial charge in [-0.3, -0.25) is 0 Å². The maximum absolute atomic E-state index is 5.67. The van der Waals surface area contributed by atoms with Gasteiger partial charge in [0.15, 0.2) is 5.82 Å². The SMILES string of the molecule is CC(C)c1nc2n(n1)CCC(CN)C2. The lowest BCUT2D eigenvalue weighted by molar-refractivity contribution is 0.368. The van der Waals surface area contributed by atoms with Crippen molar-refractivity contribution in [1.82, 2.24) is 14.8 Å². The van der Waals surface area contributed by atoms with Gasteiger partial charge in [0.2, 0.25) is 0 Å².